The van der Waals surface area contributed by atoms with Gasteiger partial charge >= 0.3 is 0 Å². The van der Waals surface area contributed by atoms with Crippen LogP contribution in [0.3, 0.4) is 0 Å². The standard InChI is InChI=1S/C18H22N4O5S/c1-2-10-21-28(26,27)15-7-5-6-14(13-15)18(23)20-12-11-19-16-8-3-4-9-17(16)22(24)25/h3-9,13,19,21H,2,10-12H2,1H3,(H,20,23). The van der Waals surface area contributed by atoms with Crippen LogP contribution in [-0.4, -0.2) is 38.9 Å². The minimum Gasteiger partial charge on any atom is -0.378 e. The van der Waals surface area contributed by atoms with Gasteiger partial charge in [0.25, 0.3) is 11.6 Å². The first kappa shape index (κ1) is 21.3. The normalized spacial score (nSPS) is 11.0. The molecule has 3 N–H and O–H groups in total. The number of rotatable bonds is 10. The molecule has 0 unspecified atom stereocenters. The van der Waals surface area contributed by atoms with Gasteiger partial charge < -0.3 is 10.6 Å². The lowest BCUT2D eigenvalue weighted by Gasteiger charge is -2.10. The lowest BCUT2D eigenvalue weighted by atomic mass is 10.2. The van der Waals surface area contributed by atoms with Crippen LogP contribution in [0.25, 0.3) is 0 Å². The maximum atomic E-state index is 12.3. The molecular formula is C18H22N4O5S. The predicted molar refractivity (Wildman–Crippen MR) is 106 cm³/mol. The quantitative estimate of drug-likeness (QED) is 0.315. The second-order valence-electron chi connectivity index (χ2n) is 5.88. The highest BCUT2D eigenvalue weighted by Gasteiger charge is 2.16. The van der Waals surface area contributed by atoms with Crippen molar-refractivity contribution in [2.45, 2.75) is 18.2 Å². The van der Waals surface area contributed by atoms with Crippen molar-refractivity contribution >= 4 is 27.3 Å². The van der Waals surface area contributed by atoms with E-state index in [4.69, 9.17) is 0 Å². The topological polar surface area (TPSA) is 130 Å². The Balaban J connectivity index is 1.94. The first-order valence-electron chi connectivity index (χ1n) is 8.70. The fraction of sp³-hybridized carbons (Fsp3) is 0.278. The summed E-state index contributed by atoms with van der Waals surface area (Å²) in [5, 5.41) is 16.5. The number of amides is 1. The number of carbonyl (C=O) groups is 1. The van der Waals surface area contributed by atoms with Crippen molar-refractivity contribution in [2.24, 2.45) is 0 Å². The molecule has 0 saturated carbocycles. The SMILES string of the molecule is CCCNS(=O)(=O)c1cccc(C(=O)NCCNc2ccccc2[N+](=O)[O-])c1. The molecule has 0 bridgehead atoms. The van der Waals surface area contributed by atoms with Gasteiger partial charge in [0.2, 0.25) is 10.0 Å². The average molecular weight is 406 g/mol. The molecule has 2 aromatic rings. The van der Waals surface area contributed by atoms with Crippen LogP contribution >= 0.6 is 0 Å². The highest BCUT2D eigenvalue weighted by atomic mass is 32.2. The summed E-state index contributed by atoms with van der Waals surface area (Å²) in [5.74, 6) is -0.433. The monoisotopic (exact) mass is 406 g/mol. The van der Waals surface area contributed by atoms with Gasteiger partial charge in [-0.1, -0.05) is 25.1 Å². The predicted octanol–water partition coefficient (Wildman–Crippen LogP) is 2.12. The first-order chi connectivity index (χ1) is 13.3. The zero-order valence-corrected chi connectivity index (χ0v) is 16.2. The van der Waals surface area contributed by atoms with E-state index in [0.29, 0.717) is 18.7 Å². The molecule has 0 aromatic heterocycles. The van der Waals surface area contributed by atoms with Gasteiger partial charge in [-0.3, -0.25) is 14.9 Å². The van der Waals surface area contributed by atoms with E-state index in [9.17, 15) is 23.3 Å². The molecule has 2 aromatic carbocycles. The number of anilines is 1. The molecule has 0 spiro atoms. The fourth-order valence-electron chi connectivity index (χ4n) is 2.38. The van der Waals surface area contributed by atoms with E-state index in [1.807, 2.05) is 6.92 Å². The van der Waals surface area contributed by atoms with E-state index in [-0.39, 0.29) is 29.2 Å². The zero-order valence-electron chi connectivity index (χ0n) is 15.3. The minimum atomic E-state index is -3.66. The molecular weight excluding hydrogens is 384 g/mol. The van der Waals surface area contributed by atoms with Crippen LogP contribution in [0, 0.1) is 10.1 Å². The van der Waals surface area contributed by atoms with Gasteiger partial charge in [0.15, 0.2) is 0 Å². The molecule has 10 heteroatoms. The molecule has 1 amide bonds. The summed E-state index contributed by atoms with van der Waals surface area (Å²) in [6.07, 6.45) is 0.659. The molecule has 0 atom stereocenters. The Bertz CT molecular complexity index is 946. The molecule has 0 aliphatic rings. The Morgan fingerprint density at radius 1 is 1.07 bits per heavy atom. The molecule has 0 heterocycles. The van der Waals surface area contributed by atoms with Gasteiger partial charge in [0.1, 0.15) is 5.69 Å². The molecule has 150 valence electrons. The molecule has 0 fully saturated rings. The van der Waals surface area contributed by atoms with Gasteiger partial charge in [-0.15, -0.1) is 0 Å². The smallest absolute Gasteiger partial charge is 0.292 e. The maximum absolute atomic E-state index is 12.3. The van der Waals surface area contributed by atoms with Crippen LogP contribution in [0.5, 0.6) is 0 Å². The molecule has 0 aliphatic carbocycles. The molecule has 0 aliphatic heterocycles. The van der Waals surface area contributed by atoms with Gasteiger partial charge in [-0.25, -0.2) is 13.1 Å². The Labute approximate surface area is 163 Å². The van der Waals surface area contributed by atoms with Crippen LogP contribution < -0.4 is 15.4 Å². The first-order valence-corrected chi connectivity index (χ1v) is 10.2. The summed E-state index contributed by atoms with van der Waals surface area (Å²) in [6.45, 7) is 2.64. The van der Waals surface area contributed by atoms with Crippen LogP contribution in [0.4, 0.5) is 11.4 Å². The summed E-state index contributed by atoms with van der Waals surface area (Å²) < 4.78 is 26.8. The van der Waals surface area contributed by atoms with Crippen molar-refractivity contribution in [3.63, 3.8) is 0 Å². The van der Waals surface area contributed by atoms with E-state index in [2.05, 4.69) is 15.4 Å². The molecule has 28 heavy (non-hydrogen) atoms. The van der Waals surface area contributed by atoms with Crippen LogP contribution in [0.2, 0.25) is 0 Å². The Morgan fingerprint density at radius 2 is 1.82 bits per heavy atom. The number of nitro benzene ring substituents is 1. The Morgan fingerprint density at radius 3 is 2.54 bits per heavy atom. The number of nitrogens with zero attached hydrogens (tertiary/aromatic N) is 1. The molecule has 0 saturated heterocycles. The Hall–Kier alpha value is -2.98. The van der Waals surface area contributed by atoms with Crippen molar-refractivity contribution in [1.29, 1.82) is 0 Å². The number of hydrogen-bond donors (Lipinski definition) is 3. The van der Waals surface area contributed by atoms with Crippen molar-refractivity contribution < 1.29 is 18.1 Å². The Kier molecular flexibility index (Phi) is 7.47. The van der Waals surface area contributed by atoms with Gasteiger partial charge in [0, 0.05) is 31.3 Å². The number of nitro groups is 1. The van der Waals surface area contributed by atoms with Crippen LogP contribution in [-0.2, 0) is 10.0 Å². The minimum absolute atomic E-state index is 0.0200. The molecule has 9 nitrogen and oxygen atoms in total. The van der Waals surface area contributed by atoms with Crippen molar-refractivity contribution in [3.05, 3.63) is 64.2 Å². The number of para-hydroxylation sites is 2. The number of sulfonamides is 1. The average Bonchev–Trinajstić information content (AvgIpc) is 2.69. The summed E-state index contributed by atoms with van der Waals surface area (Å²) in [5.41, 5.74) is 0.521. The zero-order chi connectivity index (χ0) is 20.6. The van der Waals surface area contributed by atoms with E-state index < -0.39 is 20.9 Å². The summed E-state index contributed by atoms with van der Waals surface area (Å²) in [6, 6.07) is 12.0. The summed E-state index contributed by atoms with van der Waals surface area (Å²) >= 11 is 0. The van der Waals surface area contributed by atoms with Crippen LogP contribution in [0.1, 0.15) is 23.7 Å². The highest BCUT2D eigenvalue weighted by Crippen LogP contribution is 2.22. The number of carbonyl (C=O) groups excluding carboxylic acids is 1. The summed E-state index contributed by atoms with van der Waals surface area (Å²) in [7, 11) is -3.66. The van der Waals surface area contributed by atoms with Gasteiger partial charge in [-0.05, 0) is 30.7 Å². The second-order valence-corrected chi connectivity index (χ2v) is 7.65. The highest BCUT2D eigenvalue weighted by molar-refractivity contribution is 7.89. The second kappa shape index (κ2) is 9.81. The van der Waals surface area contributed by atoms with E-state index in [1.54, 1.807) is 18.2 Å². The summed E-state index contributed by atoms with van der Waals surface area (Å²) in [4.78, 5) is 22.8. The van der Waals surface area contributed by atoms with E-state index >= 15 is 0 Å². The molecule has 0 radical (unpaired) electrons. The van der Waals surface area contributed by atoms with E-state index in [0.717, 1.165) is 0 Å². The lowest BCUT2D eigenvalue weighted by molar-refractivity contribution is -0.384. The lowest BCUT2D eigenvalue weighted by Crippen LogP contribution is -2.29. The number of nitrogens with one attached hydrogen (secondary N) is 3. The number of benzene rings is 2. The van der Waals surface area contributed by atoms with Crippen molar-refractivity contribution in [2.75, 3.05) is 25.0 Å². The van der Waals surface area contributed by atoms with Crippen molar-refractivity contribution in [1.82, 2.24) is 10.0 Å². The third kappa shape index (κ3) is 5.76. The van der Waals surface area contributed by atoms with Gasteiger partial charge in [-0.2, -0.15) is 0 Å². The third-order valence-electron chi connectivity index (χ3n) is 3.78. The fourth-order valence-corrected chi connectivity index (χ4v) is 3.56. The number of hydrogen-bond acceptors (Lipinski definition) is 6. The van der Waals surface area contributed by atoms with E-state index in [1.165, 1.54) is 30.3 Å². The van der Waals surface area contributed by atoms with Crippen LogP contribution in [0.15, 0.2) is 53.4 Å². The largest absolute Gasteiger partial charge is 0.378 e. The maximum Gasteiger partial charge on any atom is 0.292 e. The van der Waals surface area contributed by atoms with Crippen molar-refractivity contribution in [3.8, 4) is 0 Å². The molecule has 2 rings (SSSR count). The van der Waals surface area contributed by atoms with Gasteiger partial charge in [0.05, 0.1) is 9.82 Å². The third-order valence-corrected chi connectivity index (χ3v) is 5.23.